The normalized spacial score (nSPS) is 12.7. The third-order valence-corrected chi connectivity index (χ3v) is 3.05. The van der Waals surface area contributed by atoms with Gasteiger partial charge >= 0.3 is 12.1 Å². The van der Waals surface area contributed by atoms with Crippen LogP contribution in [-0.4, -0.2) is 50.0 Å². The molecule has 2 N–H and O–H groups in total. The van der Waals surface area contributed by atoms with Gasteiger partial charge in [-0.05, 0) is 11.6 Å². The Morgan fingerprint density at radius 1 is 1.25 bits per heavy atom. The smallest absolute Gasteiger partial charge is 0.416 e. The van der Waals surface area contributed by atoms with Crippen molar-refractivity contribution in [2.75, 3.05) is 26.9 Å². The van der Waals surface area contributed by atoms with Crippen LogP contribution in [0.3, 0.4) is 0 Å². The summed E-state index contributed by atoms with van der Waals surface area (Å²) in [5.74, 6) is -2.17. The third-order valence-electron chi connectivity index (χ3n) is 3.05. The van der Waals surface area contributed by atoms with Gasteiger partial charge in [0.1, 0.15) is 12.6 Å². The highest BCUT2D eigenvalue weighted by Crippen LogP contribution is 2.32. The van der Waals surface area contributed by atoms with E-state index in [4.69, 9.17) is 14.6 Å². The molecule has 0 heterocycles. The predicted octanol–water partition coefficient (Wildman–Crippen LogP) is 1.48. The van der Waals surface area contributed by atoms with Gasteiger partial charge in [0, 0.05) is 13.5 Å². The number of aliphatic carboxylic acids is 1. The Balaban J connectivity index is 2.74. The number of carbonyl (C=O) groups is 2. The van der Waals surface area contributed by atoms with Crippen LogP contribution in [0.5, 0.6) is 0 Å². The van der Waals surface area contributed by atoms with Gasteiger partial charge in [0.2, 0.25) is 5.91 Å². The molecule has 0 spiro atoms. The molecular formula is C15H18F3NO5. The monoisotopic (exact) mass is 349 g/mol. The van der Waals surface area contributed by atoms with Gasteiger partial charge in [-0.25, -0.2) is 4.79 Å². The lowest BCUT2D eigenvalue weighted by Crippen LogP contribution is -2.44. The van der Waals surface area contributed by atoms with Crippen LogP contribution in [0.4, 0.5) is 13.2 Å². The summed E-state index contributed by atoms with van der Waals surface area (Å²) in [6, 6.07) is 3.14. The van der Waals surface area contributed by atoms with Gasteiger partial charge in [0.25, 0.3) is 0 Å². The summed E-state index contributed by atoms with van der Waals surface area (Å²) in [6.45, 7) is -0.0127. The van der Waals surface area contributed by atoms with Crippen molar-refractivity contribution < 1.29 is 37.3 Å². The lowest BCUT2D eigenvalue weighted by atomic mass is 10.00. The average molecular weight is 349 g/mol. The molecule has 1 amide bonds. The van der Waals surface area contributed by atoms with Gasteiger partial charge in [-0.2, -0.15) is 13.2 Å². The number of hydrogen-bond donors (Lipinski definition) is 2. The summed E-state index contributed by atoms with van der Waals surface area (Å²) in [5, 5.41) is 11.3. The maximum atomic E-state index is 12.9. The van der Waals surface area contributed by atoms with Crippen molar-refractivity contribution in [2.24, 2.45) is 0 Å². The zero-order chi connectivity index (χ0) is 18.2. The van der Waals surface area contributed by atoms with E-state index in [-0.39, 0.29) is 18.8 Å². The molecule has 9 heteroatoms. The Morgan fingerprint density at radius 3 is 2.50 bits per heavy atom. The molecule has 6 nitrogen and oxygen atoms in total. The first-order valence-corrected chi connectivity index (χ1v) is 6.99. The maximum Gasteiger partial charge on any atom is 0.416 e. The molecule has 1 aromatic carbocycles. The Hall–Kier alpha value is -2.13. The van der Waals surface area contributed by atoms with E-state index in [9.17, 15) is 22.8 Å². The first kappa shape index (κ1) is 19.9. The molecule has 0 unspecified atom stereocenters. The zero-order valence-electron chi connectivity index (χ0n) is 12.9. The lowest BCUT2D eigenvalue weighted by Gasteiger charge is -2.18. The second-order valence-corrected chi connectivity index (χ2v) is 4.86. The van der Waals surface area contributed by atoms with Crippen molar-refractivity contribution in [3.8, 4) is 0 Å². The SMILES string of the molecule is COCCOCC(=O)N[C@H](Cc1ccccc1C(F)(F)F)C(=O)O. The van der Waals surface area contributed by atoms with E-state index in [0.29, 0.717) is 0 Å². The Labute approximate surface area is 136 Å². The van der Waals surface area contributed by atoms with Crippen LogP contribution < -0.4 is 5.32 Å². The van der Waals surface area contributed by atoms with Gasteiger partial charge in [0.15, 0.2) is 0 Å². The number of hydrogen-bond acceptors (Lipinski definition) is 4. The molecule has 24 heavy (non-hydrogen) atoms. The minimum atomic E-state index is -4.60. The van der Waals surface area contributed by atoms with Gasteiger partial charge in [0.05, 0.1) is 18.8 Å². The van der Waals surface area contributed by atoms with E-state index in [1.165, 1.54) is 25.3 Å². The predicted molar refractivity (Wildman–Crippen MR) is 77.4 cm³/mol. The Morgan fingerprint density at radius 2 is 1.92 bits per heavy atom. The maximum absolute atomic E-state index is 12.9. The van der Waals surface area contributed by atoms with E-state index in [0.717, 1.165) is 6.07 Å². The minimum absolute atomic E-state index is 0.137. The molecule has 134 valence electrons. The number of ether oxygens (including phenoxy) is 2. The molecule has 0 aliphatic heterocycles. The third kappa shape index (κ3) is 6.55. The number of carbonyl (C=O) groups excluding carboxylic acids is 1. The summed E-state index contributed by atoms with van der Waals surface area (Å²) in [7, 11) is 1.45. The molecule has 0 saturated heterocycles. The number of alkyl halides is 3. The van der Waals surface area contributed by atoms with Crippen molar-refractivity contribution in [1.82, 2.24) is 5.32 Å². The van der Waals surface area contributed by atoms with E-state index >= 15 is 0 Å². The number of benzene rings is 1. The van der Waals surface area contributed by atoms with E-state index in [1.807, 2.05) is 0 Å². The van der Waals surface area contributed by atoms with Crippen LogP contribution in [0.2, 0.25) is 0 Å². The molecule has 1 atom stereocenters. The number of carboxylic acid groups (broad SMARTS) is 1. The fraction of sp³-hybridized carbons (Fsp3) is 0.467. The minimum Gasteiger partial charge on any atom is -0.480 e. The second kappa shape index (κ2) is 9.24. The van der Waals surface area contributed by atoms with E-state index in [2.05, 4.69) is 5.32 Å². The number of methoxy groups -OCH3 is 1. The van der Waals surface area contributed by atoms with Crippen molar-refractivity contribution in [1.29, 1.82) is 0 Å². The van der Waals surface area contributed by atoms with Crippen molar-refractivity contribution in [2.45, 2.75) is 18.6 Å². The molecule has 1 rings (SSSR count). The average Bonchev–Trinajstić information content (AvgIpc) is 2.50. The van der Waals surface area contributed by atoms with Crippen LogP contribution in [0.25, 0.3) is 0 Å². The van der Waals surface area contributed by atoms with Crippen LogP contribution in [-0.2, 0) is 31.7 Å². The Bertz CT molecular complexity index is 562. The molecule has 0 aliphatic rings. The van der Waals surface area contributed by atoms with Crippen LogP contribution >= 0.6 is 0 Å². The van der Waals surface area contributed by atoms with Crippen molar-refractivity contribution in [3.05, 3.63) is 35.4 Å². The Kier molecular flexibility index (Phi) is 7.66. The summed E-state index contributed by atoms with van der Waals surface area (Å²) >= 11 is 0. The van der Waals surface area contributed by atoms with Crippen molar-refractivity contribution in [3.63, 3.8) is 0 Å². The van der Waals surface area contributed by atoms with Crippen LogP contribution in [0.1, 0.15) is 11.1 Å². The molecule has 1 aromatic rings. The highest BCUT2D eigenvalue weighted by atomic mass is 19.4. The largest absolute Gasteiger partial charge is 0.480 e. The lowest BCUT2D eigenvalue weighted by molar-refractivity contribution is -0.143. The standard InChI is InChI=1S/C15H18F3NO5/c1-23-6-7-24-9-13(20)19-12(14(21)22)8-10-4-2-3-5-11(10)15(16,17)18/h2-5,12H,6-9H2,1H3,(H,19,20)(H,21,22)/t12-/m1/s1. The topological polar surface area (TPSA) is 84.9 Å². The second-order valence-electron chi connectivity index (χ2n) is 4.86. The number of carboxylic acids is 1. The summed E-state index contributed by atoms with van der Waals surface area (Å²) in [5.41, 5.74) is -1.14. The summed E-state index contributed by atoms with van der Waals surface area (Å²) in [4.78, 5) is 22.9. The fourth-order valence-corrected chi connectivity index (χ4v) is 1.94. The highest BCUT2D eigenvalue weighted by Gasteiger charge is 2.34. The van der Waals surface area contributed by atoms with Gasteiger partial charge < -0.3 is 19.9 Å². The van der Waals surface area contributed by atoms with Crippen LogP contribution in [0.15, 0.2) is 24.3 Å². The van der Waals surface area contributed by atoms with Gasteiger partial charge in [-0.1, -0.05) is 18.2 Å². The van der Waals surface area contributed by atoms with E-state index < -0.39 is 42.7 Å². The number of amides is 1. The quantitative estimate of drug-likeness (QED) is 0.660. The zero-order valence-corrected chi connectivity index (χ0v) is 12.9. The molecule has 0 fully saturated rings. The highest BCUT2D eigenvalue weighted by molar-refractivity contribution is 5.84. The number of halogens is 3. The van der Waals surface area contributed by atoms with Crippen molar-refractivity contribution >= 4 is 11.9 Å². The van der Waals surface area contributed by atoms with Gasteiger partial charge in [-0.15, -0.1) is 0 Å². The van der Waals surface area contributed by atoms with Crippen LogP contribution in [0, 0.1) is 0 Å². The number of rotatable bonds is 9. The molecular weight excluding hydrogens is 331 g/mol. The van der Waals surface area contributed by atoms with Gasteiger partial charge in [-0.3, -0.25) is 4.79 Å². The fourth-order valence-electron chi connectivity index (χ4n) is 1.94. The molecule has 0 aromatic heterocycles. The summed E-state index contributed by atoms with van der Waals surface area (Å²) in [6.07, 6.45) is -5.10. The number of nitrogens with one attached hydrogen (secondary N) is 1. The summed E-state index contributed by atoms with van der Waals surface area (Å²) < 4.78 is 48.4. The molecule has 0 bridgehead atoms. The molecule has 0 aliphatic carbocycles. The first-order chi connectivity index (χ1) is 11.3. The first-order valence-electron chi connectivity index (χ1n) is 6.99. The molecule has 0 saturated carbocycles. The molecule has 0 radical (unpaired) electrons. The van der Waals surface area contributed by atoms with E-state index in [1.54, 1.807) is 0 Å².